The van der Waals surface area contributed by atoms with Gasteiger partial charge in [-0.15, -0.1) is 0 Å². The average molecular weight is 322 g/mol. The predicted molar refractivity (Wildman–Crippen MR) is 94.2 cm³/mol. The van der Waals surface area contributed by atoms with Gasteiger partial charge in [0.15, 0.2) is 0 Å². The number of nitrogens with one attached hydrogen (secondary N) is 1. The predicted octanol–water partition coefficient (Wildman–Crippen LogP) is 3.13. The fraction of sp³-hybridized carbons (Fsp3) is 0.400. The van der Waals surface area contributed by atoms with Crippen molar-refractivity contribution in [2.45, 2.75) is 51.1 Å². The van der Waals surface area contributed by atoms with E-state index >= 15 is 0 Å². The van der Waals surface area contributed by atoms with Crippen molar-refractivity contribution >= 4 is 5.91 Å². The zero-order valence-electron chi connectivity index (χ0n) is 13.8. The van der Waals surface area contributed by atoms with Crippen molar-refractivity contribution in [3.8, 4) is 11.1 Å². The molecule has 0 atom stereocenters. The largest absolute Gasteiger partial charge is 0.349 e. The molecule has 0 radical (unpaired) electrons. The molecule has 1 saturated carbocycles. The topological polar surface area (TPSA) is 51.1 Å². The summed E-state index contributed by atoms with van der Waals surface area (Å²) in [5, 5.41) is 3.16. The van der Waals surface area contributed by atoms with Gasteiger partial charge in [0, 0.05) is 29.9 Å². The van der Waals surface area contributed by atoms with Crippen LogP contribution >= 0.6 is 0 Å². The maximum atomic E-state index is 13.0. The number of carbonyl (C=O) groups is 1. The molecule has 124 valence electrons. The molecule has 0 unspecified atom stereocenters. The number of amides is 1. The number of hydrogen-bond donors (Lipinski definition) is 1. The second-order valence-electron chi connectivity index (χ2n) is 6.79. The van der Waals surface area contributed by atoms with Crippen LogP contribution in [0.1, 0.15) is 48.2 Å². The molecule has 0 bridgehead atoms. The molecule has 1 aromatic carbocycles. The van der Waals surface area contributed by atoms with Gasteiger partial charge < -0.3 is 9.88 Å². The molecule has 0 saturated heterocycles. The Kier molecular flexibility index (Phi) is 3.97. The number of rotatable bonds is 3. The summed E-state index contributed by atoms with van der Waals surface area (Å²) in [5.74, 6) is -0.0239. The Balaban J connectivity index is 1.86. The van der Waals surface area contributed by atoms with Gasteiger partial charge >= 0.3 is 0 Å². The standard InChI is InChI=1S/C20H22N2O2/c23-18-13-16(14-7-2-1-3-8-14)19(17-11-4-5-12-22(17)18)20(24)21-15-9-6-10-15/h1-3,7-8,13,15H,4-6,9-12H2,(H,21,24). The molecule has 4 rings (SSSR count). The Bertz CT molecular complexity index is 820. The first-order valence-corrected chi connectivity index (χ1v) is 8.87. The SMILES string of the molecule is O=C(NC1CCC1)c1c(-c2ccccc2)cc(=O)n2c1CCCC2. The number of hydrogen-bond acceptors (Lipinski definition) is 2. The van der Waals surface area contributed by atoms with E-state index in [0.29, 0.717) is 12.1 Å². The van der Waals surface area contributed by atoms with Crippen LogP contribution in [0.15, 0.2) is 41.2 Å². The maximum Gasteiger partial charge on any atom is 0.253 e. The lowest BCUT2D eigenvalue weighted by molar-refractivity contribution is 0.0915. The molecule has 0 spiro atoms. The van der Waals surface area contributed by atoms with Crippen molar-refractivity contribution < 1.29 is 4.79 Å². The van der Waals surface area contributed by atoms with Gasteiger partial charge in [-0.2, -0.15) is 0 Å². The Morgan fingerprint density at radius 2 is 1.88 bits per heavy atom. The molecule has 1 fully saturated rings. The lowest BCUT2D eigenvalue weighted by Crippen LogP contribution is -2.41. The Morgan fingerprint density at radius 1 is 1.08 bits per heavy atom. The van der Waals surface area contributed by atoms with Crippen molar-refractivity contribution in [3.05, 3.63) is 58.0 Å². The molecule has 1 aromatic heterocycles. The van der Waals surface area contributed by atoms with Crippen LogP contribution in [0.25, 0.3) is 11.1 Å². The number of benzene rings is 1. The summed E-state index contributed by atoms with van der Waals surface area (Å²) in [6.07, 6.45) is 6.12. The van der Waals surface area contributed by atoms with Gasteiger partial charge in [-0.05, 0) is 44.1 Å². The first kappa shape index (κ1) is 15.2. The number of aromatic nitrogens is 1. The van der Waals surface area contributed by atoms with Gasteiger partial charge in [0.1, 0.15) is 0 Å². The summed E-state index contributed by atoms with van der Waals surface area (Å²) in [5.41, 5.74) is 3.31. The molecule has 1 aliphatic carbocycles. The zero-order valence-corrected chi connectivity index (χ0v) is 13.8. The Labute approximate surface area is 141 Å². The normalized spacial score (nSPS) is 17.0. The summed E-state index contributed by atoms with van der Waals surface area (Å²) in [7, 11) is 0. The molecular weight excluding hydrogens is 300 g/mol. The van der Waals surface area contributed by atoms with Gasteiger partial charge in [0.25, 0.3) is 11.5 Å². The number of fused-ring (bicyclic) bond motifs is 1. The highest BCUT2D eigenvalue weighted by atomic mass is 16.2. The summed E-state index contributed by atoms with van der Waals surface area (Å²) in [6.45, 7) is 0.715. The van der Waals surface area contributed by atoms with Gasteiger partial charge in [0.05, 0.1) is 5.56 Å². The van der Waals surface area contributed by atoms with Crippen LogP contribution < -0.4 is 10.9 Å². The summed E-state index contributed by atoms with van der Waals surface area (Å²) in [6, 6.07) is 11.7. The van der Waals surface area contributed by atoms with Crippen LogP contribution in [-0.2, 0) is 13.0 Å². The Morgan fingerprint density at radius 3 is 2.58 bits per heavy atom. The van der Waals surface area contributed by atoms with Crippen LogP contribution in [0.4, 0.5) is 0 Å². The van der Waals surface area contributed by atoms with E-state index in [0.717, 1.165) is 48.9 Å². The lowest BCUT2D eigenvalue weighted by atomic mass is 9.91. The van der Waals surface area contributed by atoms with E-state index in [2.05, 4.69) is 5.32 Å². The average Bonchev–Trinajstić information content (AvgIpc) is 2.59. The number of carbonyl (C=O) groups excluding carboxylic acids is 1. The number of nitrogens with zero attached hydrogens (tertiary/aromatic N) is 1. The van der Waals surface area contributed by atoms with Gasteiger partial charge in [-0.25, -0.2) is 0 Å². The smallest absolute Gasteiger partial charge is 0.253 e. The fourth-order valence-corrected chi connectivity index (χ4v) is 3.67. The third-order valence-corrected chi connectivity index (χ3v) is 5.22. The molecule has 2 heterocycles. The van der Waals surface area contributed by atoms with Crippen LogP contribution in [0.5, 0.6) is 0 Å². The molecule has 4 nitrogen and oxygen atoms in total. The third kappa shape index (κ3) is 2.66. The maximum absolute atomic E-state index is 13.0. The minimum Gasteiger partial charge on any atom is -0.349 e. The van der Waals surface area contributed by atoms with Crippen molar-refractivity contribution in [2.24, 2.45) is 0 Å². The van der Waals surface area contributed by atoms with Gasteiger partial charge in [-0.1, -0.05) is 30.3 Å². The molecule has 1 amide bonds. The highest BCUT2D eigenvalue weighted by Crippen LogP contribution is 2.29. The quantitative estimate of drug-likeness (QED) is 0.944. The zero-order chi connectivity index (χ0) is 16.5. The Hall–Kier alpha value is -2.36. The first-order valence-electron chi connectivity index (χ1n) is 8.87. The van der Waals surface area contributed by atoms with E-state index in [1.54, 1.807) is 10.6 Å². The van der Waals surface area contributed by atoms with E-state index in [9.17, 15) is 9.59 Å². The summed E-state index contributed by atoms with van der Waals surface area (Å²) in [4.78, 5) is 25.6. The van der Waals surface area contributed by atoms with E-state index < -0.39 is 0 Å². The fourth-order valence-electron chi connectivity index (χ4n) is 3.67. The lowest BCUT2D eigenvalue weighted by Gasteiger charge is -2.29. The van der Waals surface area contributed by atoms with Gasteiger partial charge in [-0.3, -0.25) is 9.59 Å². The highest BCUT2D eigenvalue weighted by molar-refractivity contribution is 6.02. The molecule has 2 aromatic rings. The molecule has 1 N–H and O–H groups in total. The first-order chi connectivity index (χ1) is 11.7. The molecule has 1 aliphatic heterocycles. The van der Waals surface area contributed by atoms with E-state index in [4.69, 9.17) is 0 Å². The molecule has 4 heteroatoms. The minimum absolute atomic E-state index is 0.00347. The van der Waals surface area contributed by atoms with Crippen LogP contribution in [-0.4, -0.2) is 16.5 Å². The second kappa shape index (κ2) is 6.27. The third-order valence-electron chi connectivity index (χ3n) is 5.22. The van der Waals surface area contributed by atoms with Crippen LogP contribution in [0, 0.1) is 0 Å². The van der Waals surface area contributed by atoms with E-state index in [1.165, 1.54) is 6.42 Å². The number of pyridine rings is 1. The van der Waals surface area contributed by atoms with E-state index in [-0.39, 0.29) is 17.5 Å². The molecule has 24 heavy (non-hydrogen) atoms. The van der Waals surface area contributed by atoms with Crippen LogP contribution in [0.3, 0.4) is 0 Å². The molecule has 2 aliphatic rings. The van der Waals surface area contributed by atoms with Gasteiger partial charge in [0.2, 0.25) is 0 Å². The van der Waals surface area contributed by atoms with Crippen LogP contribution in [0.2, 0.25) is 0 Å². The van der Waals surface area contributed by atoms with E-state index in [1.807, 2.05) is 30.3 Å². The van der Waals surface area contributed by atoms with Crippen molar-refractivity contribution in [3.63, 3.8) is 0 Å². The van der Waals surface area contributed by atoms with Crippen molar-refractivity contribution in [1.82, 2.24) is 9.88 Å². The minimum atomic E-state index is -0.0239. The van der Waals surface area contributed by atoms with Crippen molar-refractivity contribution in [1.29, 1.82) is 0 Å². The monoisotopic (exact) mass is 322 g/mol. The molecular formula is C20H22N2O2. The second-order valence-corrected chi connectivity index (χ2v) is 6.79. The summed E-state index contributed by atoms with van der Waals surface area (Å²) < 4.78 is 1.80. The summed E-state index contributed by atoms with van der Waals surface area (Å²) >= 11 is 0. The highest BCUT2D eigenvalue weighted by Gasteiger charge is 2.27. The van der Waals surface area contributed by atoms with Crippen molar-refractivity contribution in [2.75, 3.05) is 0 Å².